The van der Waals surface area contributed by atoms with Gasteiger partial charge in [-0.2, -0.15) is 0 Å². The van der Waals surface area contributed by atoms with Gasteiger partial charge in [0.25, 0.3) is 0 Å². The van der Waals surface area contributed by atoms with Crippen LogP contribution in [-0.4, -0.2) is 25.1 Å². The fourth-order valence-electron chi connectivity index (χ4n) is 1.26. The van der Waals surface area contributed by atoms with Crippen LogP contribution in [0.1, 0.15) is 11.6 Å². The third-order valence-corrected chi connectivity index (χ3v) is 3.10. The molecular weight excluding hydrogens is 234 g/mol. The number of aliphatic hydroxyl groups excluding tert-OH is 1. The number of halogens is 1. The predicted molar refractivity (Wildman–Crippen MR) is 63.8 cm³/mol. The predicted octanol–water partition coefficient (Wildman–Crippen LogP) is 2.06. The lowest BCUT2D eigenvalue weighted by Gasteiger charge is -2.14. The van der Waals surface area contributed by atoms with E-state index in [-0.39, 0.29) is 6.61 Å². The van der Waals surface area contributed by atoms with Gasteiger partial charge in [0.05, 0.1) is 29.7 Å². The summed E-state index contributed by atoms with van der Waals surface area (Å²) in [5.41, 5.74) is 6.53. The fraction of sp³-hybridized carbons (Fsp3) is 0.400. The minimum absolute atomic E-state index is 0.101. The van der Waals surface area contributed by atoms with Crippen LogP contribution in [0.4, 0.5) is 0 Å². The van der Waals surface area contributed by atoms with Crippen molar-refractivity contribution < 1.29 is 9.84 Å². The molecule has 0 saturated heterocycles. The van der Waals surface area contributed by atoms with E-state index in [1.807, 2.05) is 12.3 Å². The Morgan fingerprint density at radius 3 is 2.73 bits per heavy atom. The molecule has 3 nitrogen and oxygen atoms in total. The molecule has 0 aliphatic rings. The molecule has 1 unspecified atom stereocenters. The Hall–Kier alpha value is -0.420. The van der Waals surface area contributed by atoms with Crippen LogP contribution in [0, 0.1) is 0 Å². The Labute approximate surface area is 98.6 Å². The minimum atomic E-state index is -0.403. The van der Waals surface area contributed by atoms with E-state index in [0.29, 0.717) is 10.8 Å². The number of methoxy groups -OCH3 is 1. The molecule has 0 heterocycles. The van der Waals surface area contributed by atoms with Crippen LogP contribution in [0.3, 0.4) is 0 Å². The van der Waals surface area contributed by atoms with Crippen LogP contribution < -0.4 is 10.5 Å². The maximum absolute atomic E-state index is 8.96. The van der Waals surface area contributed by atoms with Gasteiger partial charge in [0.15, 0.2) is 5.75 Å². The summed E-state index contributed by atoms with van der Waals surface area (Å²) in [4.78, 5) is 0.920. The summed E-state index contributed by atoms with van der Waals surface area (Å²) in [5.74, 6) is 0.651. The molecule has 0 amide bonds. The van der Waals surface area contributed by atoms with Crippen LogP contribution in [0.5, 0.6) is 5.75 Å². The van der Waals surface area contributed by atoms with E-state index < -0.39 is 6.04 Å². The molecule has 3 N–H and O–H groups in total. The molecule has 0 radical (unpaired) electrons. The smallest absolute Gasteiger partial charge is 0.150 e. The van der Waals surface area contributed by atoms with Gasteiger partial charge in [-0.15, -0.1) is 11.8 Å². The van der Waals surface area contributed by atoms with Gasteiger partial charge in [0, 0.05) is 0 Å². The van der Waals surface area contributed by atoms with E-state index in [9.17, 15) is 0 Å². The van der Waals surface area contributed by atoms with Gasteiger partial charge >= 0.3 is 0 Å². The second-order valence-corrected chi connectivity index (χ2v) is 4.28. The van der Waals surface area contributed by atoms with Gasteiger partial charge in [-0.1, -0.05) is 11.6 Å². The number of benzene rings is 1. The van der Waals surface area contributed by atoms with Crippen molar-refractivity contribution in [2.45, 2.75) is 10.9 Å². The highest BCUT2D eigenvalue weighted by Gasteiger charge is 2.13. The van der Waals surface area contributed by atoms with Gasteiger partial charge < -0.3 is 15.6 Å². The molecule has 0 aliphatic heterocycles. The molecule has 0 aliphatic carbocycles. The van der Waals surface area contributed by atoms with Gasteiger partial charge in [-0.25, -0.2) is 0 Å². The maximum atomic E-state index is 8.96. The van der Waals surface area contributed by atoms with E-state index in [0.717, 1.165) is 10.5 Å². The standard InChI is InChI=1S/C10H14ClNO2S/c1-14-10-7(11)3-6(8(12)5-13)4-9(10)15-2/h3-4,8,13H,5,12H2,1-2H3. The van der Waals surface area contributed by atoms with E-state index in [2.05, 4.69) is 0 Å². The summed E-state index contributed by atoms with van der Waals surface area (Å²) < 4.78 is 5.18. The number of hydrogen-bond donors (Lipinski definition) is 2. The normalized spacial score (nSPS) is 12.6. The van der Waals surface area contributed by atoms with Crippen LogP contribution in [0.2, 0.25) is 5.02 Å². The van der Waals surface area contributed by atoms with Crippen molar-refractivity contribution in [3.05, 3.63) is 22.7 Å². The van der Waals surface area contributed by atoms with Gasteiger partial charge in [0.2, 0.25) is 0 Å². The summed E-state index contributed by atoms with van der Waals surface area (Å²) in [7, 11) is 1.58. The van der Waals surface area contributed by atoms with Crippen LogP contribution in [0.15, 0.2) is 17.0 Å². The molecule has 0 saturated carbocycles. The summed E-state index contributed by atoms with van der Waals surface area (Å²) in [6, 6.07) is 3.20. The van der Waals surface area contributed by atoms with Crippen molar-refractivity contribution >= 4 is 23.4 Å². The van der Waals surface area contributed by atoms with Crippen molar-refractivity contribution in [1.82, 2.24) is 0 Å². The Morgan fingerprint density at radius 1 is 1.60 bits per heavy atom. The number of aliphatic hydroxyl groups is 1. The Balaban J connectivity index is 3.19. The van der Waals surface area contributed by atoms with Crippen LogP contribution in [-0.2, 0) is 0 Å². The second-order valence-electron chi connectivity index (χ2n) is 3.03. The number of ether oxygens (including phenoxy) is 1. The highest BCUT2D eigenvalue weighted by Crippen LogP contribution is 2.36. The molecule has 0 fully saturated rings. The summed E-state index contributed by atoms with van der Waals surface area (Å²) in [5, 5.41) is 9.48. The monoisotopic (exact) mass is 247 g/mol. The zero-order chi connectivity index (χ0) is 11.4. The third kappa shape index (κ3) is 2.78. The maximum Gasteiger partial charge on any atom is 0.150 e. The number of rotatable bonds is 4. The zero-order valence-corrected chi connectivity index (χ0v) is 10.2. The van der Waals surface area contributed by atoms with Crippen molar-refractivity contribution in [2.24, 2.45) is 5.73 Å². The quantitative estimate of drug-likeness (QED) is 0.800. The first-order valence-electron chi connectivity index (χ1n) is 4.41. The summed E-state index contributed by atoms with van der Waals surface area (Å²) >= 11 is 7.57. The molecule has 15 heavy (non-hydrogen) atoms. The largest absolute Gasteiger partial charge is 0.494 e. The molecule has 0 bridgehead atoms. The highest BCUT2D eigenvalue weighted by atomic mass is 35.5. The Bertz CT molecular complexity index is 346. The lowest BCUT2D eigenvalue weighted by Crippen LogP contribution is -2.14. The first kappa shape index (κ1) is 12.6. The van der Waals surface area contributed by atoms with Gasteiger partial charge in [-0.3, -0.25) is 0 Å². The summed E-state index contributed by atoms with van der Waals surface area (Å²) in [6.45, 7) is -0.101. The lowest BCUT2D eigenvalue weighted by molar-refractivity contribution is 0.267. The van der Waals surface area contributed by atoms with Crippen molar-refractivity contribution in [2.75, 3.05) is 20.0 Å². The van der Waals surface area contributed by atoms with Crippen molar-refractivity contribution in [3.63, 3.8) is 0 Å². The molecule has 84 valence electrons. The van der Waals surface area contributed by atoms with Crippen molar-refractivity contribution in [1.29, 1.82) is 0 Å². The highest BCUT2D eigenvalue weighted by molar-refractivity contribution is 7.98. The first-order chi connectivity index (χ1) is 7.13. The molecule has 1 aromatic carbocycles. The minimum Gasteiger partial charge on any atom is -0.494 e. The topological polar surface area (TPSA) is 55.5 Å². The van der Waals surface area contributed by atoms with Gasteiger partial charge in [0.1, 0.15) is 0 Å². The number of hydrogen-bond acceptors (Lipinski definition) is 4. The first-order valence-corrected chi connectivity index (χ1v) is 6.02. The van der Waals surface area contributed by atoms with Crippen LogP contribution >= 0.6 is 23.4 Å². The average molecular weight is 248 g/mol. The van der Waals surface area contributed by atoms with E-state index >= 15 is 0 Å². The average Bonchev–Trinajstić information content (AvgIpc) is 2.26. The van der Waals surface area contributed by atoms with E-state index in [1.54, 1.807) is 13.2 Å². The van der Waals surface area contributed by atoms with Gasteiger partial charge in [-0.05, 0) is 24.0 Å². The number of nitrogens with two attached hydrogens (primary N) is 1. The Morgan fingerprint density at radius 2 is 2.27 bits per heavy atom. The van der Waals surface area contributed by atoms with E-state index in [1.165, 1.54) is 11.8 Å². The lowest BCUT2D eigenvalue weighted by atomic mass is 10.1. The summed E-state index contributed by atoms with van der Waals surface area (Å²) in [6.07, 6.45) is 1.93. The zero-order valence-electron chi connectivity index (χ0n) is 8.66. The second kappa shape index (κ2) is 5.61. The van der Waals surface area contributed by atoms with E-state index in [4.69, 9.17) is 27.2 Å². The SMILES string of the molecule is COc1c(Cl)cc(C(N)CO)cc1SC. The van der Waals surface area contributed by atoms with Crippen molar-refractivity contribution in [3.8, 4) is 5.75 Å². The molecule has 0 aromatic heterocycles. The molecule has 1 atom stereocenters. The Kier molecular flexibility index (Phi) is 4.73. The number of thioether (sulfide) groups is 1. The fourth-order valence-corrected chi connectivity index (χ4v) is 2.25. The molecular formula is C10H14ClNO2S. The molecule has 0 spiro atoms. The molecule has 1 aromatic rings. The molecule has 1 rings (SSSR count). The third-order valence-electron chi connectivity index (χ3n) is 2.08. The molecule has 5 heteroatoms. The van der Waals surface area contributed by atoms with Crippen LogP contribution in [0.25, 0.3) is 0 Å².